The fraction of sp³-hybridized carbons (Fsp3) is 0.800. The van der Waals surface area contributed by atoms with Crippen LogP contribution in [0.4, 0.5) is 0 Å². The zero-order valence-electron chi connectivity index (χ0n) is 13.4. The molecule has 1 aliphatic rings. The molecule has 0 amide bonds. The monoisotopic (exact) mass is 280 g/mol. The molecule has 2 rings (SSSR count). The largest absolute Gasteiger partial charge is 0.374 e. The second-order valence-corrected chi connectivity index (χ2v) is 6.71. The smallest absolute Gasteiger partial charge is 0.0826 e. The van der Waals surface area contributed by atoms with Crippen LogP contribution >= 0.6 is 0 Å². The number of nitrogens with zero attached hydrogens (tertiary/aromatic N) is 3. The number of rotatable bonds is 4. The van der Waals surface area contributed by atoms with Crippen LogP contribution in [0.2, 0.25) is 0 Å². The second kappa shape index (κ2) is 6.24. The molecular weight excluding hydrogens is 252 g/mol. The van der Waals surface area contributed by atoms with E-state index in [2.05, 4.69) is 42.3 Å². The SMILES string of the molecule is CNCC1CN(Cc2cn(C)nc2C(C)(C)C)CCO1. The highest BCUT2D eigenvalue weighted by atomic mass is 16.5. The Bertz CT molecular complexity index is 434. The lowest BCUT2D eigenvalue weighted by atomic mass is 9.89. The van der Waals surface area contributed by atoms with E-state index >= 15 is 0 Å². The molecule has 0 spiro atoms. The lowest BCUT2D eigenvalue weighted by molar-refractivity contribution is -0.0292. The highest BCUT2D eigenvalue weighted by molar-refractivity contribution is 5.24. The number of hydrogen-bond donors (Lipinski definition) is 1. The van der Waals surface area contributed by atoms with Crippen LogP contribution in [0.5, 0.6) is 0 Å². The van der Waals surface area contributed by atoms with Crippen molar-refractivity contribution in [3.8, 4) is 0 Å². The van der Waals surface area contributed by atoms with Crippen LogP contribution in [0.1, 0.15) is 32.0 Å². The van der Waals surface area contributed by atoms with Gasteiger partial charge in [-0.3, -0.25) is 9.58 Å². The molecule has 20 heavy (non-hydrogen) atoms. The predicted octanol–water partition coefficient (Wildman–Crippen LogP) is 1.14. The molecule has 1 aromatic rings. The minimum absolute atomic E-state index is 0.0905. The Balaban J connectivity index is 2.06. The van der Waals surface area contributed by atoms with E-state index in [4.69, 9.17) is 4.74 Å². The lowest BCUT2D eigenvalue weighted by Gasteiger charge is -2.33. The Labute approximate surface area is 122 Å². The van der Waals surface area contributed by atoms with Crippen LogP contribution in [0, 0.1) is 0 Å². The molecule has 0 bridgehead atoms. The van der Waals surface area contributed by atoms with Crippen molar-refractivity contribution in [2.45, 2.75) is 38.8 Å². The Morgan fingerprint density at radius 2 is 2.20 bits per heavy atom. The van der Waals surface area contributed by atoms with Crippen molar-refractivity contribution in [3.05, 3.63) is 17.5 Å². The van der Waals surface area contributed by atoms with E-state index in [0.717, 1.165) is 32.8 Å². The van der Waals surface area contributed by atoms with Gasteiger partial charge in [-0.05, 0) is 7.05 Å². The zero-order chi connectivity index (χ0) is 14.8. The Morgan fingerprint density at radius 3 is 2.85 bits per heavy atom. The summed E-state index contributed by atoms with van der Waals surface area (Å²) in [7, 11) is 3.98. The third-order valence-electron chi connectivity index (χ3n) is 3.66. The molecule has 0 aliphatic carbocycles. The van der Waals surface area contributed by atoms with Crippen molar-refractivity contribution in [1.29, 1.82) is 0 Å². The first kappa shape index (κ1) is 15.5. The number of morpholine rings is 1. The minimum atomic E-state index is 0.0905. The van der Waals surface area contributed by atoms with Crippen LogP contribution in [0.25, 0.3) is 0 Å². The van der Waals surface area contributed by atoms with E-state index in [1.165, 1.54) is 11.3 Å². The van der Waals surface area contributed by atoms with Crippen LogP contribution in [0.3, 0.4) is 0 Å². The molecule has 1 atom stereocenters. The molecule has 114 valence electrons. The number of nitrogens with one attached hydrogen (secondary N) is 1. The minimum Gasteiger partial charge on any atom is -0.374 e. The first-order valence-electron chi connectivity index (χ1n) is 7.41. The van der Waals surface area contributed by atoms with Crippen LogP contribution < -0.4 is 5.32 Å². The number of aromatic nitrogens is 2. The summed E-state index contributed by atoms with van der Waals surface area (Å²) in [5, 5.41) is 7.84. The molecule has 1 fully saturated rings. The van der Waals surface area contributed by atoms with E-state index in [9.17, 15) is 0 Å². The number of ether oxygens (including phenoxy) is 1. The molecule has 0 aromatic carbocycles. The maximum absolute atomic E-state index is 5.76. The Kier molecular flexibility index (Phi) is 4.83. The number of hydrogen-bond acceptors (Lipinski definition) is 4. The van der Waals surface area contributed by atoms with E-state index in [1.54, 1.807) is 0 Å². The Hall–Kier alpha value is -0.910. The maximum atomic E-state index is 5.76. The topological polar surface area (TPSA) is 42.3 Å². The molecule has 0 radical (unpaired) electrons. The average molecular weight is 280 g/mol. The summed E-state index contributed by atoms with van der Waals surface area (Å²) >= 11 is 0. The summed E-state index contributed by atoms with van der Waals surface area (Å²) < 4.78 is 7.70. The third kappa shape index (κ3) is 3.81. The molecule has 1 N–H and O–H groups in total. The van der Waals surface area contributed by atoms with Crippen molar-refractivity contribution in [2.75, 3.05) is 33.3 Å². The van der Waals surface area contributed by atoms with Crippen molar-refractivity contribution in [1.82, 2.24) is 20.0 Å². The van der Waals surface area contributed by atoms with Gasteiger partial charge in [0.1, 0.15) is 0 Å². The number of likely N-dealkylation sites (N-methyl/N-ethyl adjacent to an activating group) is 1. The van der Waals surface area contributed by atoms with Gasteiger partial charge in [-0.1, -0.05) is 20.8 Å². The molecule has 1 unspecified atom stereocenters. The highest BCUT2D eigenvalue weighted by Crippen LogP contribution is 2.25. The van der Waals surface area contributed by atoms with Crippen LogP contribution in [-0.2, 0) is 23.7 Å². The second-order valence-electron chi connectivity index (χ2n) is 6.71. The highest BCUT2D eigenvalue weighted by Gasteiger charge is 2.25. The summed E-state index contributed by atoms with van der Waals surface area (Å²) in [6.45, 7) is 11.3. The summed E-state index contributed by atoms with van der Waals surface area (Å²) in [5.74, 6) is 0. The van der Waals surface area contributed by atoms with Gasteiger partial charge in [-0.25, -0.2) is 0 Å². The van der Waals surface area contributed by atoms with Crippen molar-refractivity contribution < 1.29 is 4.74 Å². The molecule has 1 aliphatic heterocycles. The van der Waals surface area contributed by atoms with Crippen molar-refractivity contribution >= 4 is 0 Å². The quantitative estimate of drug-likeness (QED) is 0.898. The standard InChI is InChI=1S/C15H28N4O/c1-15(2,3)14-12(9-18(5)17-14)10-19-6-7-20-13(11-19)8-16-4/h9,13,16H,6-8,10-11H2,1-5H3. The van der Waals surface area contributed by atoms with Gasteiger partial charge in [0.05, 0.1) is 18.4 Å². The fourth-order valence-corrected chi connectivity index (χ4v) is 2.80. The van der Waals surface area contributed by atoms with Gasteiger partial charge in [0.25, 0.3) is 0 Å². The molecular formula is C15H28N4O. The number of aryl methyl sites for hydroxylation is 1. The van der Waals surface area contributed by atoms with Gasteiger partial charge in [0, 0.05) is 50.4 Å². The van der Waals surface area contributed by atoms with Crippen molar-refractivity contribution in [3.63, 3.8) is 0 Å². The zero-order valence-corrected chi connectivity index (χ0v) is 13.4. The Morgan fingerprint density at radius 1 is 1.45 bits per heavy atom. The first-order chi connectivity index (χ1) is 9.40. The summed E-state index contributed by atoms with van der Waals surface area (Å²) in [4.78, 5) is 2.47. The maximum Gasteiger partial charge on any atom is 0.0826 e. The molecule has 2 heterocycles. The normalized spacial score (nSPS) is 21.4. The molecule has 1 saturated heterocycles. The third-order valence-corrected chi connectivity index (χ3v) is 3.66. The predicted molar refractivity (Wildman–Crippen MR) is 80.9 cm³/mol. The van der Waals surface area contributed by atoms with E-state index in [0.29, 0.717) is 6.10 Å². The van der Waals surface area contributed by atoms with E-state index in [1.807, 2.05) is 18.8 Å². The van der Waals surface area contributed by atoms with Gasteiger partial charge in [0.2, 0.25) is 0 Å². The van der Waals surface area contributed by atoms with Crippen LogP contribution in [-0.4, -0.2) is 54.1 Å². The molecule has 1 aromatic heterocycles. The first-order valence-corrected chi connectivity index (χ1v) is 7.41. The summed E-state index contributed by atoms with van der Waals surface area (Å²) in [6, 6.07) is 0. The van der Waals surface area contributed by atoms with Gasteiger partial charge >= 0.3 is 0 Å². The average Bonchev–Trinajstić information content (AvgIpc) is 2.71. The molecule has 5 heteroatoms. The van der Waals surface area contributed by atoms with Gasteiger partial charge in [-0.2, -0.15) is 5.10 Å². The van der Waals surface area contributed by atoms with Gasteiger partial charge in [0.15, 0.2) is 0 Å². The van der Waals surface area contributed by atoms with Crippen LogP contribution in [0.15, 0.2) is 6.20 Å². The van der Waals surface area contributed by atoms with Crippen molar-refractivity contribution in [2.24, 2.45) is 7.05 Å². The van der Waals surface area contributed by atoms with E-state index < -0.39 is 0 Å². The van der Waals surface area contributed by atoms with Gasteiger partial charge in [-0.15, -0.1) is 0 Å². The van der Waals surface area contributed by atoms with E-state index in [-0.39, 0.29) is 5.41 Å². The summed E-state index contributed by atoms with van der Waals surface area (Å²) in [5.41, 5.74) is 2.63. The van der Waals surface area contributed by atoms with Gasteiger partial charge < -0.3 is 10.1 Å². The summed E-state index contributed by atoms with van der Waals surface area (Å²) in [6.07, 6.45) is 2.45. The molecule has 0 saturated carbocycles. The fourth-order valence-electron chi connectivity index (χ4n) is 2.80. The molecule has 5 nitrogen and oxygen atoms in total. The lowest BCUT2D eigenvalue weighted by Crippen LogP contribution is -2.45.